The molecule has 1 atom stereocenters. The van der Waals surface area contributed by atoms with Gasteiger partial charge in [0.15, 0.2) is 5.82 Å². The molecule has 3 heterocycles. The highest BCUT2D eigenvalue weighted by Gasteiger charge is 2.48. The van der Waals surface area contributed by atoms with Crippen molar-refractivity contribution in [2.45, 2.75) is 25.3 Å². The first kappa shape index (κ1) is 15.3. The SMILES string of the molecule is CC(=O)Nc1cc2n(n1)-c1cnccc1C(F)(CC(F)(F)F)N2. The molecule has 10 heteroatoms. The molecule has 0 saturated heterocycles. The molecule has 2 N–H and O–H groups in total. The molecule has 0 aliphatic carbocycles. The number of hydrogen-bond acceptors (Lipinski definition) is 4. The van der Waals surface area contributed by atoms with E-state index >= 15 is 4.39 Å². The van der Waals surface area contributed by atoms with Gasteiger partial charge in [-0.3, -0.25) is 9.78 Å². The molecule has 1 aliphatic rings. The highest BCUT2D eigenvalue weighted by molar-refractivity contribution is 5.88. The average molecular weight is 329 g/mol. The number of anilines is 2. The Hall–Kier alpha value is -2.65. The van der Waals surface area contributed by atoms with Crippen LogP contribution in [0.25, 0.3) is 5.69 Å². The number of nitrogens with one attached hydrogen (secondary N) is 2. The fourth-order valence-corrected chi connectivity index (χ4v) is 2.47. The third-order valence-electron chi connectivity index (χ3n) is 3.24. The van der Waals surface area contributed by atoms with Crippen molar-refractivity contribution in [3.63, 3.8) is 0 Å². The molecule has 1 amide bonds. The smallest absolute Gasteiger partial charge is 0.334 e. The van der Waals surface area contributed by atoms with Crippen molar-refractivity contribution in [3.8, 4) is 5.69 Å². The second kappa shape index (κ2) is 4.93. The number of hydrogen-bond donors (Lipinski definition) is 2. The van der Waals surface area contributed by atoms with Gasteiger partial charge in [0.1, 0.15) is 12.2 Å². The Morgan fingerprint density at radius 2 is 2.22 bits per heavy atom. The van der Waals surface area contributed by atoms with E-state index in [9.17, 15) is 18.0 Å². The summed E-state index contributed by atoms with van der Waals surface area (Å²) in [6, 6.07) is 2.42. The molecule has 2 aromatic rings. The minimum Gasteiger partial charge on any atom is -0.334 e. The number of aromatic nitrogens is 3. The topological polar surface area (TPSA) is 71.8 Å². The minimum absolute atomic E-state index is 0.0130. The zero-order valence-electron chi connectivity index (χ0n) is 11.8. The fraction of sp³-hybridized carbons (Fsp3) is 0.308. The quantitative estimate of drug-likeness (QED) is 0.656. The predicted octanol–water partition coefficient (Wildman–Crippen LogP) is 2.73. The van der Waals surface area contributed by atoms with Gasteiger partial charge >= 0.3 is 6.18 Å². The molecule has 122 valence electrons. The van der Waals surface area contributed by atoms with Crippen molar-refractivity contribution in [1.29, 1.82) is 0 Å². The summed E-state index contributed by atoms with van der Waals surface area (Å²) in [7, 11) is 0. The first-order valence-corrected chi connectivity index (χ1v) is 6.54. The van der Waals surface area contributed by atoms with Gasteiger partial charge in [0.25, 0.3) is 0 Å². The van der Waals surface area contributed by atoms with Gasteiger partial charge in [-0.05, 0) is 6.07 Å². The Morgan fingerprint density at radius 3 is 2.87 bits per heavy atom. The summed E-state index contributed by atoms with van der Waals surface area (Å²) in [4.78, 5) is 14.9. The van der Waals surface area contributed by atoms with Gasteiger partial charge in [-0.15, -0.1) is 5.10 Å². The number of pyridine rings is 1. The monoisotopic (exact) mass is 329 g/mol. The second-order valence-corrected chi connectivity index (χ2v) is 5.12. The Labute approximate surface area is 127 Å². The lowest BCUT2D eigenvalue weighted by Gasteiger charge is -2.34. The number of amides is 1. The summed E-state index contributed by atoms with van der Waals surface area (Å²) in [6.07, 6.45) is -4.01. The number of halogens is 4. The predicted molar refractivity (Wildman–Crippen MR) is 72.7 cm³/mol. The van der Waals surface area contributed by atoms with Gasteiger partial charge in [0, 0.05) is 24.8 Å². The highest BCUT2D eigenvalue weighted by Crippen LogP contribution is 2.44. The lowest BCUT2D eigenvalue weighted by Crippen LogP contribution is -2.40. The van der Waals surface area contributed by atoms with Crippen molar-refractivity contribution >= 4 is 17.5 Å². The zero-order chi connectivity index (χ0) is 16.8. The van der Waals surface area contributed by atoms with E-state index in [2.05, 4.69) is 20.7 Å². The van der Waals surface area contributed by atoms with Crippen molar-refractivity contribution < 1.29 is 22.4 Å². The number of carbonyl (C=O) groups is 1. The number of rotatable bonds is 2. The molecule has 1 unspecified atom stereocenters. The van der Waals surface area contributed by atoms with Crippen molar-refractivity contribution in [2.24, 2.45) is 0 Å². The summed E-state index contributed by atoms with van der Waals surface area (Å²) >= 11 is 0. The lowest BCUT2D eigenvalue weighted by molar-refractivity contribution is -0.159. The van der Waals surface area contributed by atoms with E-state index in [1.54, 1.807) is 0 Å². The molecule has 0 fully saturated rings. The lowest BCUT2D eigenvalue weighted by atomic mass is 9.98. The van der Waals surface area contributed by atoms with Crippen LogP contribution < -0.4 is 10.6 Å². The number of alkyl halides is 4. The van der Waals surface area contributed by atoms with Crippen LogP contribution in [0.3, 0.4) is 0 Å². The molecular formula is C13H11F4N5O. The van der Waals surface area contributed by atoms with Crippen LogP contribution >= 0.6 is 0 Å². The molecule has 1 aliphatic heterocycles. The second-order valence-electron chi connectivity index (χ2n) is 5.12. The maximum atomic E-state index is 15.0. The van der Waals surface area contributed by atoms with Crippen molar-refractivity contribution in [1.82, 2.24) is 14.8 Å². The van der Waals surface area contributed by atoms with Crippen LogP contribution in [-0.4, -0.2) is 26.8 Å². The van der Waals surface area contributed by atoms with Crippen LogP contribution in [0, 0.1) is 0 Å². The Bertz CT molecular complexity index is 772. The van der Waals surface area contributed by atoms with Gasteiger partial charge < -0.3 is 10.6 Å². The summed E-state index contributed by atoms with van der Waals surface area (Å²) in [5.41, 5.74) is -0.153. The maximum Gasteiger partial charge on any atom is 0.394 e. The molecular weight excluding hydrogens is 318 g/mol. The van der Waals surface area contributed by atoms with E-state index in [0.717, 1.165) is 6.07 Å². The van der Waals surface area contributed by atoms with E-state index in [4.69, 9.17) is 0 Å². The first-order valence-electron chi connectivity index (χ1n) is 6.54. The standard InChI is InChI=1S/C13H11F4N5O/c1-7(23)19-10-4-11-20-12(14,6-13(15,16)17)8-2-3-18-5-9(8)22(11)21-10/h2-5,20H,6H2,1H3,(H,19,21,23). The number of fused-ring (bicyclic) bond motifs is 3. The van der Waals surface area contributed by atoms with E-state index in [-0.39, 0.29) is 22.9 Å². The van der Waals surface area contributed by atoms with Crippen molar-refractivity contribution in [3.05, 3.63) is 30.1 Å². The summed E-state index contributed by atoms with van der Waals surface area (Å²) in [6.45, 7) is 1.25. The molecule has 0 aromatic carbocycles. The molecule has 3 rings (SSSR count). The third kappa shape index (κ3) is 2.83. The van der Waals surface area contributed by atoms with Crippen LogP contribution in [0.1, 0.15) is 18.9 Å². The first-order chi connectivity index (χ1) is 10.7. The summed E-state index contributed by atoms with van der Waals surface area (Å²) in [5, 5.41) is 8.64. The van der Waals surface area contributed by atoms with Gasteiger partial charge in [0.05, 0.1) is 11.9 Å². The van der Waals surface area contributed by atoms with E-state index < -0.39 is 24.3 Å². The van der Waals surface area contributed by atoms with E-state index in [0.29, 0.717) is 0 Å². The molecule has 0 radical (unpaired) electrons. The largest absolute Gasteiger partial charge is 0.394 e. The van der Waals surface area contributed by atoms with Gasteiger partial charge in [-0.25, -0.2) is 9.07 Å². The van der Waals surface area contributed by atoms with Crippen LogP contribution in [0.4, 0.5) is 29.2 Å². The van der Waals surface area contributed by atoms with E-state index in [1.165, 1.54) is 30.1 Å². The zero-order valence-corrected chi connectivity index (χ0v) is 11.8. The third-order valence-corrected chi connectivity index (χ3v) is 3.24. The molecule has 0 bridgehead atoms. The molecule has 2 aromatic heterocycles. The van der Waals surface area contributed by atoms with Gasteiger partial charge in [-0.1, -0.05) is 0 Å². The van der Waals surface area contributed by atoms with E-state index in [1.807, 2.05) is 0 Å². The highest BCUT2D eigenvalue weighted by atomic mass is 19.4. The van der Waals surface area contributed by atoms with Crippen molar-refractivity contribution in [2.75, 3.05) is 10.6 Å². The van der Waals surface area contributed by atoms with Gasteiger partial charge in [0.2, 0.25) is 11.7 Å². The van der Waals surface area contributed by atoms with Crippen LogP contribution in [0.5, 0.6) is 0 Å². The molecule has 6 nitrogen and oxygen atoms in total. The van der Waals surface area contributed by atoms with Crippen LogP contribution in [0.2, 0.25) is 0 Å². The van der Waals surface area contributed by atoms with Gasteiger partial charge in [-0.2, -0.15) is 13.2 Å². The Balaban J connectivity index is 2.10. The number of nitrogens with zero attached hydrogens (tertiary/aromatic N) is 3. The molecule has 23 heavy (non-hydrogen) atoms. The summed E-state index contributed by atoms with van der Waals surface area (Å²) in [5.74, 6) is -3.18. The Kier molecular flexibility index (Phi) is 3.27. The van der Waals surface area contributed by atoms with Crippen LogP contribution in [0.15, 0.2) is 24.5 Å². The van der Waals surface area contributed by atoms with Crippen LogP contribution in [-0.2, 0) is 10.6 Å². The Morgan fingerprint density at radius 1 is 1.48 bits per heavy atom. The normalized spacial score (nSPS) is 19.5. The maximum absolute atomic E-state index is 15.0. The average Bonchev–Trinajstić information content (AvgIpc) is 2.78. The number of carbonyl (C=O) groups excluding carboxylic acids is 1. The molecule has 0 spiro atoms. The summed E-state index contributed by atoms with van der Waals surface area (Å²) < 4.78 is 54.5. The fourth-order valence-electron chi connectivity index (χ4n) is 2.47. The molecule has 0 saturated carbocycles. The minimum atomic E-state index is -4.72.